The van der Waals surface area contributed by atoms with Gasteiger partial charge in [-0.25, -0.2) is 0 Å². The number of hydrogen-bond donors (Lipinski definition) is 1. The summed E-state index contributed by atoms with van der Waals surface area (Å²) >= 11 is 0. The third-order valence-corrected chi connectivity index (χ3v) is 1.53. The van der Waals surface area contributed by atoms with Gasteiger partial charge in [-0.15, -0.1) is 0 Å². The molecule has 0 spiro atoms. The second-order valence-electron chi connectivity index (χ2n) is 2.46. The number of nitrogens with one attached hydrogen (secondary N) is 1. The van der Waals surface area contributed by atoms with Gasteiger partial charge in [0.25, 0.3) is 0 Å². The Morgan fingerprint density at radius 3 is 2.62 bits per heavy atom. The van der Waals surface area contributed by atoms with Crippen molar-refractivity contribution in [1.29, 1.82) is 0 Å². The molecule has 3 heteroatoms. The van der Waals surface area contributed by atoms with Crippen LogP contribution >= 0.6 is 0 Å². The summed E-state index contributed by atoms with van der Waals surface area (Å²) in [4.78, 5) is 9.94. The van der Waals surface area contributed by atoms with Gasteiger partial charge in [-0.05, 0) is 31.2 Å². The molecule has 0 fully saturated rings. The van der Waals surface area contributed by atoms with Gasteiger partial charge in [0.2, 0.25) is 6.29 Å². The summed E-state index contributed by atoms with van der Waals surface area (Å²) in [5.74, 6) is 0.836. The van der Waals surface area contributed by atoms with E-state index in [1.54, 1.807) is 6.29 Å². The van der Waals surface area contributed by atoms with Gasteiger partial charge in [-0.3, -0.25) is 4.79 Å². The van der Waals surface area contributed by atoms with Crippen molar-refractivity contribution in [3.05, 3.63) is 24.3 Å². The van der Waals surface area contributed by atoms with Gasteiger partial charge in [-0.1, -0.05) is 0 Å². The van der Waals surface area contributed by atoms with E-state index in [1.165, 1.54) is 0 Å². The third kappa shape index (κ3) is 3.15. The van der Waals surface area contributed by atoms with E-state index in [2.05, 4.69) is 5.32 Å². The van der Waals surface area contributed by atoms with Crippen molar-refractivity contribution in [2.45, 2.75) is 6.92 Å². The molecule has 1 N–H and O–H groups in total. The lowest BCUT2D eigenvalue weighted by Crippen LogP contribution is -2.01. The highest BCUT2D eigenvalue weighted by Gasteiger charge is 1.92. The number of carbonyl (C=O) groups excluding carboxylic acids is 1. The first kappa shape index (κ1) is 9.58. The van der Waals surface area contributed by atoms with Crippen molar-refractivity contribution in [3.63, 3.8) is 0 Å². The first-order valence-corrected chi connectivity index (χ1v) is 4.18. The van der Waals surface area contributed by atoms with Gasteiger partial charge in [0.05, 0.1) is 13.2 Å². The van der Waals surface area contributed by atoms with E-state index in [9.17, 15) is 4.79 Å². The van der Waals surface area contributed by atoms with Gasteiger partial charge >= 0.3 is 0 Å². The van der Waals surface area contributed by atoms with Gasteiger partial charge in [-0.2, -0.15) is 0 Å². The minimum Gasteiger partial charge on any atom is -0.494 e. The smallest absolute Gasteiger partial charge is 0.219 e. The molecule has 1 rings (SSSR count). The molecular weight excluding hydrogens is 166 g/mol. The molecule has 0 aliphatic heterocycles. The maximum Gasteiger partial charge on any atom is 0.219 e. The minimum atomic E-state index is 0.216. The fraction of sp³-hybridized carbons (Fsp3) is 0.300. The Morgan fingerprint density at radius 1 is 1.38 bits per heavy atom. The van der Waals surface area contributed by atoms with E-state index >= 15 is 0 Å². The van der Waals surface area contributed by atoms with Crippen LogP contribution in [-0.4, -0.2) is 19.4 Å². The lowest BCUT2D eigenvalue weighted by molar-refractivity contribution is 0.340. The fourth-order valence-corrected chi connectivity index (χ4v) is 0.974. The average molecular weight is 178 g/mol. The predicted octanol–water partition coefficient (Wildman–Crippen LogP) is 1.61. The Kier molecular flexibility index (Phi) is 3.82. The zero-order valence-corrected chi connectivity index (χ0v) is 7.54. The van der Waals surface area contributed by atoms with Crippen molar-refractivity contribution in [1.82, 2.24) is 0 Å². The zero-order chi connectivity index (χ0) is 9.52. The molecule has 0 aromatic heterocycles. The standard InChI is InChI=1S/C10H12NO2/c1-2-13-10-5-3-9(4-6-10)11-7-8-12/h3-6,11H,2,7H2,1H3. The molecule has 0 heterocycles. The second kappa shape index (κ2) is 5.19. The van der Waals surface area contributed by atoms with E-state index in [-0.39, 0.29) is 6.54 Å². The third-order valence-electron chi connectivity index (χ3n) is 1.53. The molecule has 1 radical (unpaired) electrons. The van der Waals surface area contributed by atoms with Crippen molar-refractivity contribution in [3.8, 4) is 5.75 Å². The molecule has 69 valence electrons. The molecule has 0 amide bonds. The SMILES string of the molecule is CCOc1ccc(NC[C]=O)cc1. The molecule has 0 atom stereocenters. The van der Waals surface area contributed by atoms with Crippen molar-refractivity contribution in [2.24, 2.45) is 0 Å². The second-order valence-corrected chi connectivity index (χ2v) is 2.46. The normalized spacial score (nSPS) is 9.31. The van der Waals surface area contributed by atoms with Crippen molar-refractivity contribution in [2.75, 3.05) is 18.5 Å². The topological polar surface area (TPSA) is 38.3 Å². The number of hydrogen-bond acceptors (Lipinski definition) is 3. The largest absolute Gasteiger partial charge is 0.494 e. The van der Waals surface area contributed by atoms with Crippen LogP contribution in [-0.2, 0) is 4.79 Å². The maximum atomic E-state index is 9.94. The lowest BCUT2D eigenvalue weighted by Gasteiger charge is -2.04. The molecule has 13 heavy (non-hydrogen) atoms. The minimum absolute atomic E-state index is 0.216. The van der Waals surface area contributed by atoms with Gasteiger partial charge in [0, 0.05) is 5.69 Å². The average Bonchev–Trinajstić information content (AvgIpc) is 2.17. The Morgan fingerprint density at radius 2 is 2.08 bits per heavy atom. The summed E-state index contributed by atoms with van der Waals surface area (Å²) in [6.45, 7) is 2.82. The highest BCUT2D eigenvalue weighted by Crippen LogP contribution is 2.14. The fourth-order valence-electron chi connectivity index (χ4n) is 0.974. The monoisotopic (exact) mass is 178 g/mol. The van der Waals surface area contributed by atoms with Gasteiger partial charge < -0.3 is 10.1 Å². The van der Waals surface area contributed by atoms with E-state index in [4.69, 9.17) is 4.74 Å². The predicted molar refractivity (Wildman–Crippen MR) is 51.8 cm³/mol. The lowest BCUT2D eigenvalue weighted by atomic mass is 10.3. The summed E-state index contributed by atoms with van der Waals surface area (Å²) in [5, 5.41) is 2.88. The maximum absolute atomic E-state index is 9.94. The molecule has 0 saturated carbocycles. The van der Waals surface area contributed by atoms with Crippen LogP contribution in [0.15, 0.2) is 24.3 Å². The van der Waals surface area contributed by atoms with Crippen molar-refractivity contribution >= 4 is 12.0 Å². The van der Waals surface area contributed by atoms with Gasteiger partial charge in [0.1, 0.15) is 5.75 Å². The molecule has 3 nitrogen and oxygen atoms in total. The van der Waals surface area contributed by atoms with Crippen LogP contribution in [0.2, 0.25) is 0 Å². The number of rotatable bonds is 5. The molecule has 1 aromatic carbocycles. The van der Waals surface area contributed by atoms with Gasteiger partial charge in [0.15, 0.2) is 0 Å². The highest BCUT2D eigenvalue weighted by molar-refractivity contribution is 5.60. The molecule has 0 unspecified atom stereocenters. The van der Waals surface area contributed by atoms with Crippen LogP contribution in [0.3, 0.4) is 0 Å². The molecule has 0 aliphatic carbocycles. The number of ether oxygens (including phenoxy) is 1. The van der Waals surface area contributed by atoms with Crippen LogP contribution in [0.5, 0.6) is 5.75 Å². The quantitative estimate of drug-likeness (QED) is 0.744. The zero-order valence-electron chi connectivity index (χ0n) is 7.54. The summed E-state index contributed by atoms with van der Waals surface area (Å²) in [5.41, 5.74) is 0.895. The number of benzene rings is 1. The highest BCUT2D eigenvalue weighted by atomic mass is 16.5. The van der Waals surface area contributed by atoms with Crippen LogP contribution in [0.25, 0.3) is 0 Å². The summed E-state index contributed by atoms with van der Waals surface area (Å²) in [6, 6.07) is 7.44. The summed E-state index contributed by atoms with van der Waals surface area (Å²) in [7, 11) is 0. The van der Waals surface area contributed by atoms with Crippen molar-refractivity contribution < 1.29 is 9.53 Å². The van der Waals surface area contributed by atoms with E-state index in [0.29, 0.717) is 6.61 Å². The Bertz CT molecular complexity index is 256. The molecular formula is C10H12NO2. The van der Waals surface area contributed by atoms with E-state index in [1.807, 2.05) is 31.2 Å². The molecule has 0 aliphatic rings. The Balaban J connectivity index is 2.53. The Hall–Kier alpha value is -1.51. The van der Waals surface area contributed by atoms with E-state index in [0.717, 1.165) is 11.4 Å². The van der Waals surface area contributed by atoms with E-state index < -0.39 is 0 Å². The first-order chi connectivity index (χ1) is 6.36. The first-order valence-electron chi connectivity index (χ1n) is 4.18. The summed E-state index contributed by atoms with van der Waals surface area (Å²) < 4.78 is 5.26. The molecule has 1 aromatic rings. The summed E-state index contributed by atoms with van der Waals surface area (Å²) in [6.07, 6.45) is 1.76. The van der Waals surface area contributed by atoms with Crippen LogP contribution in [0.1, 0.15) is 6.92 Å². The molecule has 0 bridgehead atoms. The Labute approximate surface area is 77.7 Å². The number of anilines is 1. The van der Waals surface area contributed by atoms with Crippen LogP contribution < -0.4 is 10.1 Å². The molecule has 0 saturated heterocycles. The van der Waals surface area contributed by atoms with Crippen LogP contribution in [0, 0.1) is 0 Å². The van der Waals surface area contributed by atoms with Crippen LogP contribution in [0.4, 0.5) is 5.69 Å².